The molecule has 4 heteroatoms. The van der Waals surface area contributed by atoms with Gasteiger partial charge >= 0.3 is 5.97 Å². The van der Waals surface area contributed by atoms with Crippen LogP contribution in [0.3, 0.4) is 0 Å². The normalized spacial score (nSPS) is 12.0. The number of esters is 1. The van der Waals surface area contributed by atoms with Crippen molar-refractivity contribution >= 4 is 17.6 Å². The maximum Gasteiger partial charge on any atom is 0.344 e. The Morgan fingerprint density at radius 2 is 2.11 bits per heavy atom. The number of hydrogen-bond donors (Lipinski definition) is 0. The van der Waals surface area contributed by atoms with Gasteiger partial charge in [-0.3, -0.25) is 0 Å². The molecule has 1 aromatic rings. The lowest BCUT2D eigenvalue weighted by molar-refractivity contribution is -0.145. The molecule has 1 atom stereocenters. The number of hydrogen-bond acceptors (Lipinski definition) is 3. The predicted octanol–water partition coefficient (Wildman–Crippen LogP) is 3.80. The zero-order valence-corrected chi connectivity index (χ0v) is 11.8. The minimum Gasteiger partial charge on any atom is -0.482 e. The molecule has 1 rings (SSSR count). The molecule has 0 unspecified atom stereocenters. The number of halogens is 1. The summed E-state index contributed by atoms with van der Waals surface area (Å²) in [5, 5.41) is 0.675. The second-order valence-electron chi connectivity index (χ2n) is 4.09. The molecule has 0 fully saturated rings. The molecule has 0 radical (unpaired) electrons. The standard InChI is InChI=1S/C14H19ClO3/c1-4-10(3)12-8-11(15)6-7-13(12)18-9-14(16)17-5-2/h6-8,10H,4-5,9H2,1-3H3/t10-/m1/s1. The highest BCUT2D eigenvalue weighted by atomic mass is 35.5. The Morgan fingerprint density at radius 1 is 1.39 bits per heavy atom. The minimum absolute atomic E-state index is 0.0705. The number of rotatable bonds is 6. The van der Waals surface area contributed by atoms with E-state index < -0.39 is 0 Å². The van der Waals surface area contributed by atoms with Crippen molar-refractivity contribution in [3.8, 4) is 5.75 Å². The second kappa shape index (κ2) is 7.27. The van der Waals surface area contributed by atoms with Gasteiger partial charge in [0.25, 0.3) is 0 Å². The topological polar surface area (TPSA) is 35.5 Å². The van der Waals surface area contributed by atoms with Gasteiger partial charge in [-0.1, -0.05) is 25.4 Å². The van der Waals surface area contributed by atoms with Gasteiger partial charge in [0.1, 0.15) is 5.75 Å². The first-order chi connectivity index (χ1) is 8.58. The quantitative estimate of drug-likeness (QED) is 0.738. The van der Waals surface area contributed by atoms with Crippen LogP contribution in [0.15, 0.2) is 18.2 Å². The third kappa shape index (κ3) is 4.22. The summed E-state index contributed by atoms with van der Waals surface area (Å²) in [6.45, 7) is 6.26. The van der Waals surface area contributed by atoms with Crippen molar-refractivity contribution in [2.24, 2.45) is 0 Å². The van der Waals surface area contributed by atoms with Gasteiger partial charge in [0.2, 0.25) is 0 Å². The number of ether oxygens (including phenoxy) is 2. The molecule has 0 amide bonds. The van der Waals surface area contributed by atoms with E-state index in [4.69, 9.17) is 21.1 Å². The van der Waals surface area contributed by atoms with E-state index in [0.717, 1.165) is 12.0 Å². The maximum absolute atomic E-state index is 11.3. The predicted molar refractivity (Wildman–Crippen MR) is 72.3 cm³/mol. The third-order valence-electron chi connectivity index (χ3n) is 2.77. The molecule has 1 aromatic carbocycles. The van der Waals surface area contributed by atoms with Crippen molar-refractivity contribution in [1.29, 1.82) is 0 Å². The molecular formula is C14H19ClO3. The molecule has 0 aliphatic carbocycles. The molecule has 0 spiro atoms. The SMILES string of the molecule is CCOC(=O)COc1ccc(Cl)cc1[C@H](C)CC. The fourth-order valence-electron chi connectivity index (χ4n) is 1.60. The first-order valence-corrected chi connectivity index (χ1v) is 6.54. The average Bonchev–Trinajstić information content (AvgIpc) is 2.36. The summed E-state index contributed by atoms with van der Waals surface area (Å²) >= 11 is 5.98. The largest absolute Gasteiger partial charge is 0.482 e. The summed E-state index contributed by atoms with van der Waals surface area (Å²) in [6, 6.07) is 5.44. The Hall–Kier alpha value is -1.22. The Labute approximate surface area is 113 Å². The lowest BCUT2D eigenvalue weighted by Gasteiger charge is -2.15. The second-order valence-corrected chi connectivity index (χ2v) is 4.52. The monoisotopic (exact) mass is 270 g/mol. The summed E-state index contributed by atoms with van der Waals surface area (Å²) in [7, 11) is 0. The Kier molecular flexibility index (Phi) is 5.99. The lowest BCUT2D eigenvalue weighted by atomic mass is 9.98. The van der Waals surface area contributed by atoms with Gasteiger partial charge in [-0.15, -0.1) is 0 Å². The van der Waals surface area contributed by atoms with Crippen molar-refractivity contribution in [3.05, 3.63) is 28.8 Å². The summed E-state index contributed by atoms with van der Waals surface area (Å²) in [4.78, 5) is 11.3. The Balaban J connectivity index is 2.78. The summed E-state index contributed by atoms with van der Waals surface area (Å²) in [5.74, 6) is 0.672. The van der Waals surface area contributed by atoms with Crippen LogP contribution in [0.4, 0.5) is 0 Å². The molecule has 0 bridgehead atoms. The van der Waals surface area contributed by atoms with Crippen LogP contribution in [0.1, 0.15) is 38.7 Å². The van der Waals surface area contributed by atoms with Gasteiger partial charge in [0.15, 0.2) is 6.61 Å². The first-order valence-electron chi connectivity index (χ1n) is 6.16. The van der Waals surface area contributed by atoms with Crippen molar-refractivity contribution in [2.45, 2.75) is 33.1 Å². The maximum atomic E-state index is 11.3. The van der Waals surface area contributed by atoms with Crippen molar-refractivity contribution < 1.29 is 14.3 Å². The van der Waals surface area contributed by atoms with Crippen LogP contribution in [0.5, 0.6) is 5.75 Å². The molecule has 100 valence electrons. The van der Waals surface area contributed by atoms with E-state index in [0.29, 0.717) is 23.3 Å². The number of carbonyl (C=O) groups excluding carboxylic acids is 1. The molecule has 0 aliphatic rings. The van der Waals surface area contributed by atoms with Crippen LogP contribution in [0, 0.1) is 0 Å². The number of benzene rings is 1. The number of carbonyl (C=O) groups is 1. The van der Waals surface area contributed by atoms with Gasteiger partial charge in [-0.2, -0.15) is 0 Å². The summed E-state index contributed by atoms with van der Waals surface area (Å²) in [6.07, 6.45) is 0.982. The van der Waals surface area contributed by atoms with Crippen LogP contribution in [-0.4, -0.2) is 19.2 Å². The highest BCUT2D eigenvalue weighted by Gasteiger charge is 2.12. The molecule has 0 saturated heterocycles. The highest BCUT2D eigenvalue weighted by Crippen LogP contribution is 2.31. The first kappa shape index (κ1) is 14.8. The smallest absolute Gasteiger partial charge is 0.344 e. The van der Waals surface area contributed by atoms with Crippen LogP contribution in [-0.2, 0) is 9.53 Å². The molecule has 0 aromatic heterocycles. The van der Waals surface area contributed by atoms with Crippen LogP contribution in [0.2, 0.25) is 5.02 Å². The summed E-state index contributed by atoms with van der Waals surface area (Å²) < 4.78 is 10.3. The van der Waals surface area contributed by atoms with E-state index in [1.54, 1.807) is 19.1 Å². The van der Waals surface area contributed by atoms with Crippen LogP contribution >= 0.6 is 11.6 Å². The highest BCUT2D eigenvalue weighted by molar-refractivity contribution is 6.30. The average molecular weight is 271 g/mol. The van der Waals surface area contributed by atoms with Crippen LogP contribution < -0.4 is 4.74 Å². The van der Waals surface area contributed by atoms with Gasteiger partial charge in [-0.25, -0.2) is 4.79 Å². The van der Waals surface area contributed by atoms with E-state index in [2.05, 4.69) is 13.8 Å². The molecule has 0 saturated carbocycles. The fraction of sp³-hybridized carbons (Fsp3) is 0.500. The van der Waals surface area contributed by atoms with Gasteiger partial charge in [0, 0.05) is 5.02 Å². The zero-order valence-electron chi connectivity index (χ0n) is 11.0. The molecule has 3 nitrogen and oxygen atoms in total. The van der Waals surface area contributed by atoms with Crippen LogP contribution in [0.25, 0.3) is 0 Å². The summed E-state index contributed by atoms with van der Waals surface area (Å²) in [5.41, 5.74) is 1.02. The molecular weight excluding hydrogens is 252 g/mol. The van der Waals surface area contributed by atoms with E-state index in [1.165, 1.54) is 0 Å². The van der Waals surface area contributed by atoms with Gasteiger partial charge < -0.3 is 9.47 Å². The van der Waals surface area contributed by atoms with Gasteiger partial charge in [0.05, 0.1) is 6.61 Å². The Bertz CT molecular complexity index is 404. The zero-order chi connectivity index (χ0) is 13.5. The van der Waals surface area contributed by atoms with Crippen molar-refractivity contribution in [3.63, 3.8) is 0 Å². The van der Waals surface area contributed by atoms with E-state index in [9.17, 15) is 4.79 Å². The molecule has 0 heterocycles. The van der Waals surface area contributed by atoms with Crippen molar-refractivity contribution in [2.75, 3.05) is 13.2 Å². The molecule has 0 N–H and O–H groups in total. The Morgan fingerprint density at radius 3 is 2.72 bits per heavy atom. The van der Waals surface area contributed by atoms with Crippen molar-refractivity contribution in [1.82, 2.24) is 0 Å². The van der Waals surface area contributed by atoms with E-state index >= 15 is 0 Å². The van der Waals surface area contributed by atoms with E-state index in [-0.39, 0.29) is 12.6 Å². The lowest BCUT2D eigenvalue weighted by Crippen LogP contribution is -2.15. The fourth-order valence-corrected chi connectivity index (χ4v) is 1.78. The minimum atomic E-state index is -0.359. The molecule has 18 heavy (non-hydrogen) atoms. The molecule has 0 aliphatic heterocycles. The third-order valence-corrected chi connectivity index (χ3v) is 3.00. The van der Waals surface area contributed by atoms with Gasteiger partial charge in [-0.05, 0) is 43.0 Å². The van der Waals surface area contributed by atoms with E-state index in [1.807, 2.05) is 6.07 Å².